The van der Waals surface area contributed by atoms with E-state index in [1.54, 1.807) is 12.1 Å². The van der Waals surface area contributed by atoms with E-state index in [-0.39, 0.29) is 33.6 Å². The molecule has 6 aromatic carbocycles. The second kappa shape index (κ2) is 13.7. The summed E-state index contributed by atoms with van der Waals surface area (Å²) in [5.41, 5.74) is 1.16. The van der Waals surface area contributed by atoms with Crippen molar-refractivity contribution in [1.29, 1.82) is 0 Å². The first kappa shape index (κ1) is 28.7. The van der Waals surface area contributed by atoms with Crippen molar-refractivity contribution in [2.24, 2.45) is 0 Å². The SMILES string of the molecule is CCC(Oc1ccc([S+](c2ccccc2)c2ccccc2)cc1)c1cccc([S+](c2ccccc2)c2ccc(O)cc2)c1. The highest BCUT2D eigenvalue weighted by atomic mass is 32.2. The van der Waals surface area contributed by atoms with Gasteiger partial charge in [-0.3, -0.25) is 0 Å². The van der Waals surface area contributed by atoms with Gasteiger partial charge in [0.1, 0.15) is 17.6 Å². The molecular weight excluding hydrogens is 565 g/mol. The van der Waals surface area contributed by atoms with Crippen LogP contribution in [-0.2, 0) is 21.8 Å². The number of phenolic OH excluding ortho intramolecular Hbond substituents is 1. The average molecular weight is 599 g/mol. The Kier molecular flexibility index (Phi) is 9.17. The summed E-state index contributed by atoms with van der Waals surface area (Å²) in [5, 5.41) is 9.92. The van der Waals surface area contributed by atoms with E-state index in [0.717, 1.165) is 22.6 Å². The molecule has 4 heteroatoms. The minimum Gasteiger partial charge on any atom is -0.508 e. The fraction of sp³-hybridized carbons (Fsp3) is 0.0769. The zero-order valence-electron chi connectivity index (χ0n) is 24.0. The molecule has 0 aromatic heterocycles. The Morgan fingerprint density at radius 3 is 1.40 bits per heavy atom. The summed E-state index contributed by atoms with van der Waals surface area (Å²) < 4.78 is 6.63. The number of benzene rings is 6. The van der Waals surface area contributed by atoms with E-state index in [2.05, 4.69) is 140 Å². The lowest BCUT2D eigenvalue weighted by Crippen LogP contribution is -2.10. The van der Waals surface area contributed by atoms with Gasteiger partial charge in [0.2, 0.25) is 0 Å². The van der Waals surface area contributed by atoms with Crippen LogP contribution < -0.4 is 4.74 Å². The van der Waals surface area contributed by atoms with Crippen molar-refractivity contribution in [3.05, 3.63) is 169 Å². The molecule has 0 aliphatic carbocycles. The molecule has 6 rings (SSSR count). The highest BCUT2D eigenvalue weighted by molar-refractivity contribution is 7.97. The Morgan fingerprint density at radius 2 is 0.907 bits per heavy atom. The van der Waals surface area contributed by atoms with Gasteiger partial charge in [-0.15, -0.1) is 0 Å². The van der Waals surface area contributed by atoms with Crippen LogP contribution in [0.15, 0.2) is 193 Å². The predicted molar refractivity (Wildman–Crippen MR) is 178 cm³/mol. The summed E-state index contributed by atoms with van der Waals surface area (Å²) in [7, 11) is -0.499. The van der Waals surface area contributed by atoms with Crippen molar-refractivity contribution >= 4 is 21.8 Å². The lowest BCUT2D eigenvalue weighted by atomic mass is 10.1. The normalized spacial score (nSPS) is 12.5. The minimum atomic E-state index is -0.309. The van der Waals surface area contributed by atoms with E-state index in [1.165, 1.54) is 24.5 Å². The minimum absolute atomic E-state index is 0.0756. The molecule has 2 unspecified atom stereocenters. The molecule has 0 amide bonds. The largest absolute Gasteiger partial charge is 0.508 e. The van der Waals surface area contributed by atoms with E-state index in [1.807, 2.05) is 18.2 Å². The van der Waals surface area contributed by atoms with Gasteiger partial charge in [-0.2, -0.15) is 0 Å². The molecule has 0 heterocycles. The first-order valence-electron chi connectivity index (χ1n) is 14.5. The van der Waals surface area contributed by atoms with Crippen LogP contribution in [0.4, 0.5) is 0 Å². The van der Waals surface area contributed by atoms with E-state index < -0.39 is 0 Å². The standard InChI is InChI=1S/C39H33O2S2/c1-2-39(30-13-12-20-38(29-30)43(35-18-10-5-11-19-35)36-25-21-31(40)22-26-36)41-32-23-27-37(28-24-32)42(33-14-6-3-7-15-33)34-16-8-4-9-17-34/h3-29,39H,2H2,1H3/q+1/p+1. The number of hydrogen-bond donors (Lipinski definition) is 1. The molecule has 0 aliphatic rings. The van der Waals surface area contributed by atoms with E-state index in [9.17, 15) is 5.11 Å². The molecule has 43 heavy (non-hydrogen) atoms. The second-order valence-electron chi connectivity index (χ2n) is 10.1. The molecule has 1 N–H and O–H groups in total. The Balaban J connectivity index is 1.28. The second-order valence-corrected chi connectivity index (χ2v) is 14.2. The molecule has 0 fully saturated rings. The van der Waals surface area contributed by atoms with Crippen LogP contribution in [0, 0.1) is 0 Å². The smallest absolute Gasteiger partial charge is 0.166 e. The van der Waals surface area contributed by atoms with Crippen LogP contribution in [0.3, 0.4) is 0 Å². The maximum Gasteiger partial charge on any atom is 0.166 e. The maximum atomic E-state index is 9.92. The monoisotopic (exact) mass is 598 g/mol. The molecule has 0 aliphatic heterocycles. The van der Waals surface area contributed by atoms with Crippen LogP contribution in [0.2, 0.25) is 0 Å². The number of phenols is 1. The molecule has 212 valence electrons. The first-order valence-corrected chi connectivity index (χ1v) is 16.9. The van der Waals surface area contributed by atoms with Gasteiger partial charge in [-0.25, -0.2) is 0 Å². The number of ether oxygens (including phenoxy) is 1. The quantitative estimate of drug-likeness (QED) is 0.159. The van der Waals surface area contributed by atoms with Gasteiger partial charge < -0.3 is 9.84 Å². The van der Waals surface area contributed by atoms with Crippen LogP contribution >= 0.6 is 0 Å². The van der Waals surface area contributed by atoms with Crippen LogP contribution in [-0.4, -0.2) is 5.11 Å². The summed E-state index contributed by atoms with van der Waals surface area (Å²) in [4.78, 5) is 7.49. The zero-order valence-corrected chi connectivity index (χ0v) is 25.7. The summed E-state index contributed by atoms with van der Waals surface area (Å²) in [6.45, 7) is 2.17. The Bertz CT molecular complexity index is 1680. The van der Waals surface area contributed by atoms with Gasteiger partial charge in [-0.05, 0) is 103 Å². The van der Waals surface area contributed by atoms with Gasteiger partial charge in [0.15, 0.2) is 29.4 Å². The van der Waals surface area contributed by atoms with E-state index in [0.29, 0.717) is 0 Å². The molecule has 2 nitrogen and oxygen atoms in total. The van der Waals surface area contributed by atoms with Crippen LogP contribution in [0.1, 0.15) is 25.0 Å². The molecule has 0 saturated carbocycles. The molecule has 0 spiro atoms. The molecule has 0 radical (unpaired) electrons. The van der Waals surface area contributed by atoms with Crippen LogP contribution in [0.5, 0.6) is 11.5 Å². The van der Waals surface area contributed by atoms with Crippen LogP contribution in [0.25, 0.3) is 0 Å². The van der Waals surface area contributed by atoms with Crippen molar-refractivity contribution in [1.82, 2.24) is 0 Å². The lowest BCUT2D eigenvalue weighted by molar-refractivity contribution is 0.201. The lowest BCUT2D eigenvalue weighted by Gasteiger charge is -2.19. The summed E-state index contributed by atoms with van der Waals surface area (Å²) in [5.74, 6) is 1.14. The number of aromatic hydroxyl groups is 1. The van der Waals surface area contributed by atoms with E-state index >= 15 is 0 Å². The Morgan fingerprint density at radius 1 is 0.488 bits per heavy atom. The van der Waals surface area contributed by atoms with Gasteiger partial charge in [0, 0.05) is 6.07 Å². The highest BCUT2D eigenvalue weighted by Gasteiger charge is 2.30. The summed E-state index contributed by atoms with van der Waals surface area (Å²) >= 11 is 0. The fourth-order valence-corrected chi connectivity index (χ4v) is 9.32. The maximum absolute atomic E-state index is 9.92. The fourth-order valence-electron chi connectivity index (χ4n) is 5.12. The number of rotatable bonds is 10. The topological polar surface area (TPSA) is 29.5 Å². The molecule has 6 aromatic rings. The van der Waals surface area contributed by atoms with Crippen molar-refractivity contribution < 1.29 is 9.84 Å². The van der Waals surface area contributed by atoms with Crippen molar-refractivity contribution in [3.63, 3.8) is 0 Å². The molecule has 2 atom stereocenters. The third-order valence-electron chi connectivity index (χ3n) is 7.18. The van der Waals surface area contributed by atoms with E-state index in [4.69, 9.17) is 4.74 Å². The highest BCUT2D eigenvalue weighted by Crippen LogP contribution is 2.36. The summed E-state index contributed by atoms with van der Waals surface area (Å²) in [6.07, 6.45) is 0.774. The third-order valence-corrected chi connectivity index (χ3v) is 11.6. The van der Waals surface area contributed by atoms with Crippen molar-refractivity contribution in [2.45, 2.75) is 48.8 Å². The Hall–Kier alpha value is -4.38. The molecule has 0 saturated heterocycles. The van der Waals surface area contributed by atoms with Gasteiger partial charge in [0.05, 0.1) is 21.8 Å². The zero-order chi connectivity index (χ0) is 29.4. The van der Waals surface area contributed by atoms with Gasteiger partial charge >= 0.3 is 0 Å². The first-order chi connectivity index (χ1) is 21.2. The van der Waals surface area contributed by atoms with Gasteiger partial charge in [-0.1, -0.05) is 73.7 Å². The Labute approximate surface area is 260 Å². The summed E-state index contributed by atoms with van der Waals surface area (Å²) in [6, 6.07) is 57.0. The third kappa shape index (κ3) is 6.83. The average Bonchev–Trinajstić information content (AvgIpc) is 3.07. The van der Waals surface area contributed by atoms with Crippen molar-refractivity contribution in [3.8, 4) is 11.5 Å². The van der Waals surface area contributed by atoms with Gasteiger partial charge in [0.25, 0.3) is 0 Å². The number of hydrogen-bond acceptors (Lipinski definition) is 2. The van der Waals surface area contributed by atoms with Crippen molar-refractivity contribution in [2.75, 3.05) is 0 Å². The molecular formula is C39H34O2S2+2. The predicted octanol–water partition coefficient (Wildman–Crippen LogP) is 10.1. The molecule has 0 bridgehead atoms.